The SMILES string of the molecule is CSc1ccc(S(=O)(=O)C[C@@H]2C[C@H](N(C)C(C)C)CC[C@@H]2NC(=O)CNC(=O)c2cc(C(F)(F)F)ccc2NC(=O)OC(C)(C)C)cc1. The van der Waals surface area contributed by atoms with Crippen molar-refractivity contribution in [1.82, 2.24) is 15.5 Å². The van der Waals surface area contributed by atoms with Gasteiger partial charge >= 0.3 is 12.3 Å². The number of halogens is 3. The van der Waals surface area contributed by atoms with Crippen molar-refractivity contribution < 1.29 is 40.7 Å². The van der Waals surface area contributed by atoms with Crippen molar-refractivity contribution in [1.29, 1.82) is 0 Å². The fraction of sp³-hybridized carbons (Fsp3) is 0.545. The Bertz CT molecular complexity index is 1560. The second kappa shape index (κ2) is 15.9. The minimum atomic E-state index is -4.77. The molecule has 15 heteroatoms. The van der Waals surface area contributed by atoms with Crippen LogP contribution < -0.4 is 16.0 Å². The van der Waals surface area contributed by atoms with Crippen LogP contribution in [0.2, 0.25) is 0 Å². The van der Waals surface area contributed by atoms with Gasteiger partial charge in [0.2, 0.25) is 5.91 Å². The lowest BCUT2D eigenvalue weighted by molar-refractivity contribution is -0.137. The normalized spacial score (nSPS) is 18.8. The van der Waals surface area contributed by atoms with Gasteiger partial charge in [-0.3, -0.25) is 14.9 Å². The molecule has 3 rings (SSSR count). The molecule has 1 aliphatic carbocycles. The molecule has 10 nitrogen and oxygen atoms in total. The topological polar surface area (TPSA) is 134 Å². The van der Waals surface area contributed by atoms with E-state index in [1.807, 2.05) is 13.3 Å². The molecule has 3 N–H and O–H groups in total. The number of carbonyl (C=O) groups is 3. The predicted molar refractivity (Wildman–Crippen MR) is 180 cm³/mol. The predicted octanol–water partition coefficient (Wildman–Crippen LogP) is 5.97. The van der Waals surface area contributed by atoms with Crippen LogP contribution in [0.5, 0.6) is 0 Å². The number of benzene rings is 2. The molecule has 48 heavy (non-hydrogen) atoms. The van der Waals surface area contributed by atoms with Gasteiger partial charge in [-0.25, -0.2) is 13.2 Å². The number of alkyl halides is 3. The Balaban J connectivity index is 1.77. The number of nitrogens with one attached hydrogen (secondary N) is 3. The molecule has 0 aliphatic heterocycles. The number of sulfone groups is 1. The number of carbonyl (C=O) groups excluding carboxylic acids is 3. The second-order valence-corrected chi connectivity index (χ2v) is 16.1. The molecular weight excluding hydrogens is 670 g/mol. The number of anilines is 1. The maximum absolute atomic E-state index is 13.5. The number of hydrogen-bond acceptors (Lipinski definition) is 8. The minimum Gasteiger partial charge on any atom is -0.444 e. The summed E-state index contributed by atoms with van der Waals surface area (Å²) < 4.78 is 72.6. The van der Waals surface area contributed by atoms with Gasteiger partial charge in [0, 0.05) is 23.0 Å². The summed E-state index contributed by atoms with van der Waals surface area (Å²) >= 11 is 1.50. The van der Waals surface area contributed by atoms with Crippen LogP contribution in [0.15, 0.2) is 52.3 Å². The van der Waals surface area contributed by atoms with Crippen molar-refractivity contribution in [2.75, 3.05) is 30.9 Å². The number of hydrogen-bond donors (Lipinski definition) is 3. The van der Waals surface area contributed by atoms with Crippen molar-refractivity contribution in [3.63, 3.8) is 0 Å². The molecule has 0 aromatic heterocycles. The molecule has 3 amide bonds. The summed E-state index contributed by atoms with van der Waals surface area (Å²) in [5, 5.41) is 7.48. The molecule has 2 aromatic carbocycles. The third-order valence-corrected chi connectivity index (χ3v) is 10.8. The lowest BCUT2D eigenvalue weighted by atomic mass is 9.81. The first kappa shape index (κ1) is 39.1. The Labute approximate surface area is 284 Å². The Kier molecular flexibility index (Phi) is 13.0. The average molecular weight is 715 g/mol. The summed E-state index contributed by atoms with van der Waals surface area (Å²) in [7, 11) is -1.73. The average Bonchev–Trinajstić information content (AvgIpc) is 2.98. The third kappa shape index (κ3) is 11.1. The van der Waals surface area contributed by atoms with Crippen LogP contribution in [0.1, 0.15) is 69.8 Å². The summed E-state index contributed by atoms with van der Waals surface area (Å²) in [5.41, 5.74) is -2.78. The highest BCUT2D eigenvalue weighted by Gasteiger charge is 2.37. The van der Waals surface area contributed by atoms with Crippen LogP contribution >= 0.6 is 11.8 Å². The van der Waals surface area contributed by atoms with Crippen molar-refractivity contribution in [3.05, 3.63) is 53.6 Å². The van der Waals surface area contributed by atoms with Crippen LogP contribution in [-0.4, -0.2) is 80.6 Å². The molecule has 0 saturated heterocycles. The van der Waals surface area contributed by atoms with Crippen LogP contribution in [-0.2, 0) is 25.5 Å². The quantitative estimate of drug-likeness (QED) is 0.243. The molecule has 0 spiro atoms. The van der Waals surface area contributed by atoms with Crippen molar-refractivity contribution >= 4 is 45.2 Å². The number of nitrogens with zero attached hydrogens (tertiary/aromatic N) is 1. The van der Waals surface area contributed by atoms with Gasteiger partial charge in [0.15, 0.2) is 9.84 Å². The van der Waals surface area contributed by atoms with Gasteiger partial charge in [-0.2, -0.15) is 13.2 Å². The van der Waals surface area contributed by atoms with Gasteiger partial charge in [0.25, 0.3) is 5.91 Å². The number of ether oxygens (including phenoxy) is 1. The van der Waals surface area contributed by atoms with Gasteiger partial charge in [-0.1, -0.05) is 0 Å². The van der Waals surface area contributed by atoms with E-state index in [4.69, 9.17) is 4.74 Å². The van der Waals surface area contributed by atoms with E-state index in [9.17, 15) is 36.0 Å². The van der Waals surface area contributed by atoms with Gasteiger partial charge in [-0.05, 0) is 116 Å². The monoisotopic (exact) mass is 714 g/mol. The maximum Gasteiger partial charge on any atom is 0.416 e. The van der Waals surface area contributed by atoms with Crippen LogP contribution in [0.3, 0.4) is 0 Å². The molecule has 1 saturated carbocycles. The highest BCUT2D eigenvalue weighted by atomic mass is 32.2. The second-order valence-electron chi connectivity index (χ2n) is 13.2. The molecule has 2 aromatic rings. The van der Waals surface area contributed by atoms with Crippen LogP contribution in [0, 0.1) is 5.92 Å². The Morgan fingerprint density at radius 1 is 1.04 bits per heavy atom. The fourth-order valence-electron chi connectivity index (χ4n) is 5.51. The summed E-state index contributed by atoms with van der Waals surface area (Å²) in [5.74, 6) is -2.31. The molecule has 0 radical (unpaired) electrons. The lowest BCUT2D eigenvalue weighted by Gasteiger charge is -2.41. The van der Waals surface area contributed by atoms with Crippen molar-refractivity contribution in [3.8, 4) is 0 Å². The van der Waals surface area contributed by atoms with Gasteiger partial charge in [0.1, 0.15) is 5.60 Å². The van der Waals surface area contributed by atoms with E-state index in [2.05, 4.69) is 34.7 Å². The molecular formula is C33H45F3N4O6S2. The Hall–Kier alpha value is -3.30. The van der Waals surface area contributed by atoms with E-state index in [1.54, 1.807) is 45.0 Å². The number of thioether (sulfide) groups is 1. The zero-order valence-electron chi connectivity index (χ0n) is 28.2. The fourth-order valence-corrected chi connectivity index (χ4v) is 7.59. The number of rotatable bonds is 11. The molecule has 3 atom stereocenters. The highest BCUT2D eigenvalue weighted by Crippen LogP contribution is 2.33. The van der Waals surface area contributed by atoms with Gasteiger partial charge < -0.3 is 20.3 Å². The summed E-state index contributed by atoms with van der Waals surface area (Å²) in [6, 6.07) is 8.66. The minimum absolute atomic E-state index is 0.0914. The van der Waals surface area contributed by atoms with Crippen LogP contribution in [0.4, 0.5) is 23.7 Å². The molecule has 0 heterocycles. The first-order chi connectivity index (χ1) is 22.2. The summed E-state index contributed by atoms with van der Waals surface area (Å²) in [4.78, 5) is 41.8. The van der Waals surface area contributed by atoms with E-state index >= 15 is 0 Å². The van der Waals surface area contributed by atoms with E-state index in [-0.39, 0.29) is 28.4 Å². The lowest BCUT2D eigenvalue weighted by Crippen LogP contribution is -2.52. The van der Waals surface area contributed by atoms with Crippen LogP contribution in [0.25, 0.3) is 0 Å². The molecule has 1 aliphatic rings. The van der Waals surface area contributed by atoms with E-state index in [0.29, 0.717) is 31.4 Å². The van der Waals surface area contributed by atoms with Gasteiger partial charge in [0.05, 0.1) is 34.0 Å². The third-order valence-electron chi connectivity index (χ3n) is 8.18. The van der Waals surface area contributed by atoms with E-state index in [1.165, 1.54) is 11.8 Å². The standard InChI is InChI=1S/C33H45F3N4O6S2/c1-20(2)40(6)23-9-15-27(21(16-23)19-48(44,45)25-12-10-24(47-7)11-13-25)38-29(41)18-37-30(42)26-17-22(33(34,35)36)8-14-28(26)39-31(43)46-32(3,4)5/h8,10-14,17,20-21,23,27H,9,15-16,18-19H2,1-7H3,(H,37,42)(H,38,41)(H,39,43)/t21-,23+,27-/m0/s1. The van der Waals surface area contributed by atoms with E-state index < -0.39 is 69.2 Å². The first-order valence-electron chi connectivity index (χ1n) is 15.6. The summed E-state index contributed by atoms with van der Waals surface area (Å²) in [6.07, 6.45) is -2.15. The largest absolute Gasteiger partial charge is 0.444 e. The van der Waals surface area contributed by atoms with Crippen molar-refractivity contribution in [2.45, 2.75) is 93.6 Å². The van der Waals surface area contributed by atoms with E-state index in [0.717, 1.165) is 11.0 Å². The first-order valence-corrected chi connectivity index (χ1v) is 18.5. The van der Waals surface area contributed by atoms with Crippen molar-refractivity contribution in [2.24, 2.45) is 5.92 Å². The Morgan fingerprint density at radius 3 is 2.25 bits per heavy atom. The zero-order valence-corrected chi connectivity index (χ0v) is 29.9. The molecule has 266 valence electrons. The summed E-state index contributed by atoms with van der Waals surface area (Å²) in [6.45, 7) is 8.31. The maximum atomic E-state index is 13.5. The molecule has 1 fully saturated rings. The van der Waals surface area contributed by atoms with Gasteiger partial charge in [-0.15, -0.1) is 11.8 Å². The highest BCUT2D eigenvalue weighted by molar-refractivity contribution is 7.98. The zero-order chi connectivity index (χ0) is 36.0. The smallest absolute Gasteiger partial charge is 0.416 e. The Morgan fingerprint density at radius 2 is 1.69 bits per heavy atom. The molecule has 0 bridgehead atoms. The number of amides is 3. The molecule has 0 unspecified atom stereocenters.